The van der Waals surface area contributed by atoms with Crippen LogP contribution in [-0.4, -0.2) is 49.7 Å². The molecule has 0 aromatic heterocycles. The van der Waals surface area contributed by atoms with E-state index < -0.39 is 0 Å². The average Bonchev–Trinajstić information content (AvgIpc) is 3.09. The van der Waals surface area contributed by atoms with E-state index in [0.29, 0.717) is 19.0 Å². The second-order valence-electron chi connectivity index (χ2n) is 6.62. The number of amides is 2. The van der Waals surface area contributed by atoms with Crippen molar-refractivity contribution in [1.82, 2.24) is 26.4 Å². The molecule has 2 aliphatic heterocycles. The molecule has 6 nitrogen and oxygen atoms in total. The fourth-order valence-electron chi connectivity index (χ4n) is 3.25. The lowest BCUT2D eigenvalue weighted by molar-refractivity contribution is 0.173. The molecule has 7 heteroatoms. The van der Waals surface area contributed by atoms with Gasteiger partial charge in [-0.25, -0.2) is 9.18 Å². The number of carbonyl (C=O) groups is 1. The van der Waals surface area contributed by atoms with E-state index in [0.717, 1.165) is 44.6 Å². The Hall–Kier alpha value is -1.70. The molecule has 0 saturated carbocycles. The second kappa shape index (κ2) is 8.41. The summed E-state index contributed by atoms with van der Waals surface area (Å²) >= 11 is 0. The number of rotatable bonds is 5. The number of hydrogen-bond donors (Lipinski definition) is 4. The molecule has 2 heterocycles. The van der Waals surface area contributed by atoms with Crippen molar-refractivity contribution in [3.05, 3.63) is 35.6 Å². The van der Waals surface area contributed by atoms with Crippen molar-refractivity contribution in [2.24, 2.45) is 5.92 Å². The van der Waals surface area contributed by atoms with Gasteiger partial charge in [0.2, 0.25) is 0 Å². The minimum Gasteiger partial charge on any atom is -0.338 e. The van der Waals surface area contributed by atoms with Gasteiger partial charge in [-0.2, -0.15) is 0 Å². The van der Waals surface area contributed by atoms with E-state index in [4.69, 9.17) is 0 Å². The van der Waals surface area contributed by atoms with Crippen LogP contribution in [-0.2, 0) is 6.54 Å². The van der Waals surface area contributed by atoms with Crippen molar-refractivity contribution in [3.8, 4) is 0 Å². The van der Waals surface area contributed by atoms with E-state index in [1.54, 1.807) is 6.07 Å². The number of likely N-dealkylation sites (tertiary alicyclic amines) is 1. The summed E-state index contributed by atoms with van der Waals surface area (Å²) in [6.07, 6.45) is 2.06. The highest BCUT2D eigenvalue weighted by atomic mass is 19.1. The Bertz CT molecular complexity index is 542. The summed E-state index contributed by atoms with van der Waals surface area (Å²) in [5, 5.41) is 5.91. The van der Waals surface area contributed by atoms with Gasteiger partial charge < -0.3 is 10.6 Å². The molecule has 0 atom stereocenters. The predicted octanol–water partition coefficient (Wildman–Crippen LogP) is 0.813. The normalized spacial score (nSPS) is 20.2. The summed E-state index contributed by atoms with van der Waals surface area (Å²) in [5.74, 6) is 0.362. The van der Waals surface area contributed by atoms with Gasteiger partial charge in [0.15, 0.2) is 0 Å². The monoisotopic (exact) mass is 335 g/mol. The summed E-state index contributed by atoms with van der Waals surface area (Å²) in [4.78, 5) is 14.1. The van der Waals surface area contributed by atoms with Crippen molar-refractivity contribution >= 4 is 6.03 Å². The molecular formula is C17H26FN5O. The number of halogens is 1. The zero-order valence-corrected chi connectivity index (χ0v) is 13.9. The molecule has 24 heavy (non-hydrogen) atoms. The maximum Gasteiger partial charge on any atom is 0.315 e. The lowest BCUT2D eigenvalue weighted by atomic mass is 9.96. The zero-order valence-electron chi connectivity index (χ0n) is 13.9. The van der Waals surface area contributed by atoms with E-state index >= 15 is 0 Å². The van der Waals surface area contributed by atoms with Crippen LogP contribution in [0.25, 0.3) is 0 Å². The van der Waals surface area contributed by atoms with Crippen molar-refractivity contribution in [2.75, 3.05) is 32.7 Å². The third-order valence-corrected chi connectivity index (χ3v) is 4.77. The van der Waals surface area contributed by atoms with Crippen molar-refractivity contribution in [1.29, 1.82) is 0 Å². The van der Waals surface area contributed by atoms with E-state index in [-0.39, 0.29) is 17.9 Å². The Kier molecular flexibility index (Phi) is 6.01. The lowest BCUT2D eigenvalue weighted by Crippen LogP contribution is -2.46. The van der Waals surface area contributed by atoms with Gasteiger partial charge in [-0.15, -0.1) is 0 Å². The predicted molar refractivity (Wildman–Crippen MR) is 90.7 cm³/mol. The van der Waals surface area contributed by atoms with Crippen LogP contribution in [0.5, 0.6) is 0 Å². The summed E-state index contributed by atoms with van der Waals surface area (Å²) in [7, 11) is 0. The fraction of sp³-hybridized carbons (Fsp3) is 0.588. The molecule has 2 fully saturated rings. The summed E-state index contributed by atoms with van der Waals surface area (Å²) in [6, 6.07) is 7.01. The van der Waals surface area contributed by atoms with Gasteiger partial charge in [-0.3, -0.25) is 15.8 Å². The van der Waals surface area contributed by atoms with Crippen LogP contribution in [0.15, 0.2) is 24.3 Å². The number of nitrogens with one attached hydrogen (secondary N) is 4. The largest absolute Gasteiger partial charge is 0.338 e. The first-order chi connectivity index (χ1) is 11.7. The molecule has 2 saturated heterocycles. The molecule has 1 aromatic carbocycles. The number of hydrazine groups is 1. The third-order valence-electron chi connectivity index (χ3n) is 4.77. The van der Waals surface area contributed by atoms with Crippen LogP contribution in [0.2, 0.25) is 0 Å². The number of urea groups is 1. The Balaban J connectivity index is 1.34. The Labute approximate surface area is 142 Å². The third kappa shape index (κ3) is 4.90. The van der Waals surface area contributed by atoms with Crippen molar-refractivity contribution < 1.29 is 9.18 Å². The van der Waals surface area contributed by atoms with Gasteiger partial charge in [0, 0.05) is 31.7 Å². The van der Waals surface area contributed by atoms with Gasteiger partial charge in [0.1, 0.15) is 5.82 Å². The highest BCUT2D eigenvalue weighted by Gasteiger charge is 2.21. The van der Waals surface area contributed by atoms with Gasteiger partial charge >= 0.3 is 6.03 Å². The Morgan fingerprint density at radius 2 is 1.92 bits per heavy atom. The van der Waals surface area contributed by atoms with Crippen LogP contribution in [0.1, 0.15) is 18.4 Å². The topological polar surface area (TPSA) is 68.4 Å². The summed E-state index contributed by atoms with van der Waals surface area (Å²) in [6.45, 7) is 4.75. The van der Waals surface area contributed by atoms with Gasteiger partial charge in [-0.1, -0.05) is 18.2 Å². The smallest absolute Gasteiger partial charge is 0.315 e. The molecular weight excluding hydrogens is 309 g/mol. The van der Waals surface area contributed by atoms with E-state index in [2.05, 4.69) is 26.4 Å². The molecule has 3 rings (SSSR count). The molecule has 4 N–H and O–H groups in total. The molecule has 0 bridgehead atoms. The van der Waals surface area contributed by atoms with Crippen LogP contribution < -0.4 is 21.5 Å². The fourth-order valence-corrected chi connectivity index (χ4v) is 3.25. The molecule has 0 spiro atoms. The van der Waals surface area contributed by atoms with E-state index in [1.165, 1.54) is 6.07 Å². The van der Waals surface area contributed by atoms with Gasteiger partial charge in [0.25, 0.3) is 0 Å². The van der Waals surface area contributed by atoms with Gasteiger partial charge in [-0.05, 0) is 37.9 Å². The van der Waals surface area contributed by atoms with Crippen LogP contribution >= 0.6 is 0 Å². The van der Waals surface area contributed by atoms with Crippen LogP contribution in [0, 0.1) is 11.7 Å². The molecule has 2 amide bonds. The molecule has 0 radical (unpaired) electrons. The number of carbonyl (C=O) groups excluding carboxylic acids is 1. The Morgan fingerprint density at radius 1 is 1.21 bits per heavy atom. The highest BCUT2D eigenvalue weighted by molar-refractivity contribution is 5.74. The quantitative estimate of drug-likeness (QED) is 0.643. The maximum atomic E-state index is 13.7. The first kappa shape index (κ1) is 17.1. The minimum atomic E-state index is -0.131. The summed E-state index contributed by atoms with van der Waals surface area (Å²) in [5.41, 5.74) is 6.73. The maximum absolute atomic E-state index is 13.7. The molecule has 132 valence electrons. The number of hydrogen-bond acceptors (Lipinski definition) is 4. The molecule has 0 aliphatic carbocycles. The Morgan fingerprint density at radius 3 is 2.62 bits per heavy atom. The number of nitrogens with zero attached hydrogens (tertiary/aromatic N) is 1. The van der Waals surface area contributed by atoms with Crippen molar-refractivity contribution in [3.63, 3.8) is 0 Å². The van der Waals surface area contributed by atoms with Crippen molar-refractivity contribution in [2.45, 2.75) is 25.4 Å². The summed E-state index contributed by atoms with van der Waals surface area (Å²) < 4.78 is 13.7. The van der Waals surface area contributed by atoms with Gasteiger partial charge in [0.05, 0.1) is 6.04 Å². The average molecular weight is 335 g/mol. The van der Waals surface area contributed by atoms with E-state index in [9.17, 15) is 9.18 Å². The standard InChI is InChI=1S/C17H26FN5O/c18-16-4-2-1-3-14(16)12-23-7-5-13(6-8-23)9-19-17(24)22-15-10-20-21-11-15/h1-4,13,15,20-21H,5-12H2,(H2,19,22,24). The van der Waals surface area contributed by atoms with E-state index in [1.807, 2.05) is 12.1 Å². The lowest BCUT2D eigenvalue weighted by Gasteiger charge is -2.32. The number of benzene rings is 1. The second-order valence-corrected chi connectivity index (χ2v) is 6.62. The highest BCUT2D eigenvalue weighted by Crippen LogP contribution is 2.19. The molecule has 0 unspecified atom stereocenters. The van der Waals surface area contributed by atoms with Crippen LogP contribution in [0.3, 0.4) is 0 Å². The van der Waals surface area contributed by atoms with Crippen LogP contribution in [0.4, 0.5) is 9.18 Å². The SMILES string of the molecule is O=C(NCC1CCN(Cc2ccccc2F)CC1)NC1CNNC1. The first-order valence-corrected chi connectivity index (χ1v) is 8.66. The first-order valence-electron chi connectivity index (χ1n) is 8.66. The zero-order chi connectivity index (χ0) is 16.8. The molecule has 2 aliphatic rings. The molecule has 1 aromatic rings. The minimum absolute atomic E-state index is 0.0979. The number of piperidine rings is 1.